The lowest BCUT2D eigenvalue weighted by atomic mass is 9.93. The Hall–Kier alpha value is -2.56. The quantitative estimate of drug-likeness (QED) is 0.406. The van der Waals surface area contributed by atoms with Gasteiger partial charge in [0.25, 0.3) is 0 Å². The lowest BCUT2D eigenvalue weighted by Crippen LogP contribution is -2.14. The molecule has 0 bridgehead atoms. The van der Waals surface area contributed by atoms with Crippen molar-refractivity contribution < 1.29 is 4.74 Å². The van der Waals surface area contributed by atoms with E-state index in [4.69, 9.17) is 21.3 Å². The molecule has 2 N–H and O–H groups in total. The average molecular weight is 418 g/mol. The molecule has 0 saturated carbocycles. The van der Waals surface area contributed by atoms with Crippen molar-refractivity contribution in [1.82, 2.24) is 15.3 Å². The predicted octanol–water partition coefficient (Wildman–Crippen LogP) is 6.38. The summed E-state index contributed by atoms with van der Waals surface area (Å²) in [5.74, 6) is 2.67. The van der Waals surface area contributed by atoms with Gasteiger partial charge in [-0.25, -0.2) is 4.98 Å². The molecule has 1 aromatic heterocycles. The molecule has 2 atom stereocenters. The van der Waals surface area contributed by atoms with Gasteiger partial charge in [-0.1, -0.05) is 31.0 Å². The highest BCUT2D eigenvalue weighted by atomic mass is 35.5. The van der Waals surface area contributed by atoms with Gasteiger partial charge >= 0.3 is 0 Å². The molecule has 2 aliphatic heterocycles. The number of fused-ring (bicyclic) bond motifs is 6. The fraction of sp³-hybridized carbons (Fsp3) is 0.320. The molecule has 0 radical (unpaired) electrons. The van der Waals surface area contributed by atoms with Crippen LogP contribution < -0.4 is 10.1 Å². The standard InChI is InChI=1S/C25H24ClN3O/c1-2-3-14-8-22(27-12-14)25-28-21-7-4-15-9-19-16(10-20(15)24(21)29-25)13-30-23-11-17(26)5-6-18(19)23/h4-7,9-11,14,22,27H,2-3,8,12-13H2,1H3,(H,28,29)/t14-,22?/m0/s1. The molecule has 152 valence electrons. The number of benzene rings is 3. The van der Waals surface area contributed by atoms with Gasteiger partial charge in [-0.05, 0) is 78.2 Å². The summed E-state index contributed by atoms with van der Waals surface area (Å²) >= 11 is 6.15. The number of ether oxygens (including phenoxy) is 1. The van der Waals surface area contributed by atoms with E-state index in [0.29, 0.717) is 17.7 Å². The molecule has 0 spiro atoms. The topological polar surface area (TPSA) is 49.9 Å². The molecule has 5 heteroatoms. The minimum Gasteiger partial charge on any atom is -0.488 e. The molecule has 4 nitrogen and oxygen atoms in total. The van der Waals surface area contributed by atoms with Gasteiger partial charge in [-0.3, -0.25) is 0 Å². The van der Waals surface area contributed by atoms with E-state index < -0.39 is 0 Å². The Morgan fingerprint density at radius 1 is 1.13 bits per heavy atom. The average Bonchev–Trinajstić information content (AvgIpc) is 3.39. The summed E-state index contributed by atoms with van der Waals surface area (Å²) < 4.78 is 5.99. The van der Waals surface area contributed by atoms with Gasteiger partial charge in [0.1, 0.15) is 18.2 Å². The van der Waals surface area contributed by atoms with E-state index in [1.165, 1.54) is 34.7 Å². The van der Waals surface area contributed by atoms with Crippen LogP contribution in [-0.4, -0.2) is 16.5 Å². The first kappa shape index (κ1) is 18.2. The number of hydrogen-bond donors (Lipinski definition) is 2. The van der Waals surface area contributed by atoms with Crippen LogP contribution in [0.4, 0.5) is 0 Å². The van der Waals surface area contributed by atoms with E-state index in [1.807, 2.05) is 18.2 Å². The molecule has 4 aromatic rings. The maximum atomic E-state index is 6.15. The summed E-state index contributed by atoms with van der Waals surface area (Å²) in [4.78, 5) is 8.62. The van der Waals surface area contributed by atoms with Crippen LogP contribution in [0.15, 0.2) is 42.5 Å². The van der Waals surface area contributed by atoms with Gasteiger partial charge in [-0.2, -0.15) is 0 Å². The summed E-state index contributed by atoms with van der Waals surface area (Å²) in [7, 11) is 0. The maximum absolute atomic E-state index is 6.15. The Morgan fingerprint density at radius 2 is 2.07 bits per heavy atom. The van der Waals surface area contributed by atoms with Crippen LogP contribution in [-0.2, 0) is 6.61 Å². The maximum Gasteiger partial charge on any atom is 0.129 e. The highest BCUT2D eigenvalue weighted by Gasteiger charge is 2.27. The summed E-state index contributed by atoms with van der Waals surface area (Å²) in [6, 6.07) is 15.0. The third-order valence-electron chi connectivity index (χ3n) is 6.58. The molecular weight excluding hydrogens is 394 g/mol. The highest BCUT2D eigenvalue weighted by Crippen LogP contribution is 2.41. The predicted molar refractivity (Wildman–Crippen MR) is 122 cm³/mol. The number of imidazole rings is 1. The Bertz CT molecular complexity index is 1280. The van der Waals surface area contributed by atoms with E-state index >= 15 is 0 Å². The molecule has 1 fully saturated rings. The van der Waals surface area contributed by atoms with Gasteiger partial charge in [0.15, 0.2) is 0 Å². The molecule has 30 heavy (non-hydrogen) atoms. The molecular formula is C25H24ClN3O. The van der Waals surface area contributed by atoms with Crippen LogP contribution in [0.2, 0.25) is 5.02 Å². The third kappa shape index (κ3) is 2.90. The first-order chi connectivity index (χ1) is 14.7. The minimum absolute atomic E-state index is 0.321. The van der Waals surface area contributed by atoms with Crippen molar-refractivity contribution >= 4 is 33.4 Å². The van der Waals surface area contributed by atoms with Crippen LogP contribution in [0.25, 0.3) is 32.9 Å². The van der Waals surface area contributed by atoms with E-state index in [-0.39, 0.29) is 0 Å². The zero-order valence-corrected chi connectivity index (χ0v) is 17.7. The summed E-state index contributed by atoms with van der Waals surface area (Å²) in [5, 5.41) is 6.74. The largest absolute Gasteiger partial charge is 0.488 e. The zero-order valence-electron chi connectivity index (χ0n) is 17.0. The minimum atomic E-state index is 0.321. The molecule has 1 saturated heterocycles. The fourth-order valence-electron chi connectivity index (χ4n) is 5.08. The first-order valence-electron chi connectivity index (χ1n) is 10.8. The molecule has 3 aromatic carbocycles. The van der Waals surface area contributed by atoms with Crippen molar-refractivity contribution in [3.8, 4) is 16.9 Å². The monoisotopic (exact) mass is 417 g/mol. The third-order valence-corrected chi connectivity index (χ3v) is 6.81. The number of rotatable bonds is 3. The molecule has 1 unspecified atom stereocenters. The highest BCUT2D eigenvalue weighted by molar-refractivity contribution is 6.30. The molecule has 6 rings (SSSR count). The number of halogens is 1. The summed E-state index contributed by atoms with van der Waals surface area (Å²) in [6.07, 6.45) is 3.69. The second kappa shape index (κ2) is 7.00. The van der Waals surface area contributed by atoms with Crippen LogP contribution in [0, 0.1) is 5.92 Å². The van der Waals surface area contributed by atoms with E-state index in [2.05, 4.69) is 41.5 Å². The number of nitrogens with zero attached hydrogens (tertiary/aromatic N) is 1. The normalized spacial score (nSPS) is 20.3. The van der Waals surface area contributed by atoms with Crippen molar-refractivity contribution in [2.45, 2.75) is 38.8 Å². The lowest BCUT2D eigenvalue weighted by molar-refractivity contribution is 0.302. The van der Waals surface area contributed by atoms with Crippen molar-refractivity contribution in [1.29, 1.82) is 0 Å². The Labute approximate surface area is 180 Å². The fourth-order valence-corrected chi connectivity index (χ4v) is 5.25. The molecule has 3 heterocycles. The first-order valence-corrected chi connectivity index (χ1v) is 11.2. The van der Waals surface area contributed by atoms with E-state index in [0.717, 1.165) is 47.1 Å². The molecule has 2 aliphatic rings. The van der Waals surface area contributed by atoms with Crippen molar-refractivity contribution in [3.05, 3.63) is 58.9 Å². The van der Waals surface area contributed by atoms with Gasteiger partial charge in [0, 0.05) is 16.0 Å². The number of aromatic amines is 1. The van der Waals surface area contributed by atoms with Crippen LogP contribution in [0.1, 0.15) is 43.6 Å². The van der Waals surface area contributed by atoms with Gasteiger partial charge in [-0.15, -0.1) is 0 Å². The van der Waals surface area contributed by atoms with Gasteiger partial charge in [0.05, 0.1) is 17.1 Å². The summed E-state index contributed by atoms with van der Waals surface area (Å²) in [6.45, 7) is 3.90. The number of hydrogen-bond acceptors (Lipinski definition) is 3. The molecule has 0 aliphatic carbocycles. The van der Waals surface area contributed by atoms with Crippen LogP contribution >= 0.6 is 11.6 Å². The van der Waals surface area contributed by atoms with Crippen molar-refractivity contribution in [2.75, 3.05) is 6.54 Å². The van der Waals surface area contributed by atoms with Crippen molar-refractivity contribution in [2.24, 2.45) is 5.92 Å². The Balaban J connectivity index is 1.44. The SMILES string of the molecule is CCC[C@@H]1CNC(c2nc3c(ccc4cc5c(cc43)COc3cc(Cl)ccc3-5)[nH]2)C1. The van der Waals surface area contributed by atoms with Gasteiger partial charge < -0.3 is 15.0 Å². The van der Waals surface area contributed by atoms with Crippen LogP contribution in [0.5, 0.6) is 5.75 Å². The molecule has 0 amide bonds. The van der Waals surface area contributed by atoms with Crippen molar-refractivity contribution in [3.63, 3.8) is 0 Å². The lowest BCUT2D eigenvalue weighted by Gasteiger charge is -2.21. The summed E-state index contributed by atoms with van der Waals surface area (Å²) in [5.41, 5.74) is 5.66. The smallest absolute Gasteiger partial charge is 0.129 e. The Morgan fingerprint density at radius 3 is 2.97 bits per heavy atom. The number of nitrogens with one attached hydrogen (secondary N) is 2. The van der Waals surface area contributed by atoms with E-state index in [1.54, 1.807) is 0 Å². The Kier molecular flexibility index (Phi) is 4.25. The number of aromatic nitrogens is 2. The van der Waals surface area contributed by atoms with Crippen LogP contribution in [0.3, 0.4) is 0 Å². The zero-order chi connectivity index (χ0) is 20.2. The van der Waals surface area contributed by atoms with E-state index in [9.17, 15) is 0 Å². The second-order valence-electron chi connectivity index (χ2n) is 8.59. The second-order valence-corrected chi connectivity index (χ2v) is 9.03. The number of H-pyrrole nitrogens is 1. The van der Waals surface area contributed by atoms with Gasteiger partial charge in [0.2, 0.25) is 0 Å².